The molecular formula is C15H34IP. The molecule has 0 aliphatic heterocycles. The van der Waals surface area contributed by atoms with Gasteiger partial charge in [0.2, 0.25) is 0 Å². The van der Waals surface area contributed by atoms with Crippen molar-refractivity contribution >= 4 is 26.9 Å². The van der Waals surface area contributed by atoms with Crippen LogP contribution >= 0.6 is 26.9 Å². The van der Waals surface area contributed by atoms with Crippen molar-refractivity contribution < 1.29 is 0 Å². The summed E-state index contributed by atoms with van der Waals surface area (Å²) in [6, 6.07) is 0. The number of hydrogen-bond donors (Lipinski definition) is 0. The van der Waals surface area contributed by atoms with Crippen molar-refractivity contribution in [2.75, 3.05) is 18.5 Å². The Morgan fingerprint density at radius 2 is 0.882 bits per heavy atom. The first-order valence-corrected chi connectivity index (χ1v) is 13.6. The second kappa shape index (κ2) is 12.2. The molecular weight excluding hydrogens is 338 g/mol. The van der Waals surface area contributed by atoms with Gasteiger partial charge in [0.1, 0.15) is 0 Å². The zero-order valence-electron chi connectivity index (χ0n) is 12.4. The Kier molecular flexibility index (Phi) is 13.0. The normalized spacial score (nSPS) is 12.9. The molecule has 0 spiro atoms. The third-order valence-electron chi connectivity index (χ3n) is 3.69. The Hall–Kier alpha value is 1.16. The van der Waals surface area contributed by atoms with E-state index in [1.807, 2.05) is 0 Å². The van der Waals surface area contributed by atoms with Gasteiger partial charge in [0, 0.05) is 0 Å². The predicted molar refractivity (Wildman–Crippen MR) is 95.5 cm³/mol. The minimum atomic E-state index is -0.891. The maximum absolute atomic E-state index is 2.93. The summed E-state index contributed by atoms with van der Waals surface area (Å²) in [7, 11) is 0. The van der Waals surface area contributed by atoms with Crippen LogP contribution in [0.1, 0.15) is 78.6 Å². The molecule has 0 aliphatic carbocycles. The van der Waals surface area contributed by atoms with E-state index in [2.05, 4.69) is 42.8 Å². The molecule has 0 aromatic heterocycles. The Morgan fingerprint density at radius 1 is 0.588 bits per heavy atom. The molecule has 0 nitrogen and oxygen atoms in total. The van der Waals surface area contributed by atoms with Gasteiger partial charge in [-0.1, -0.05) is 0 Å². The van der Waals surface area contributed by atoms with Crippen molar-refractivity contribution in [1.29, 1.82) is 0 Å². The molecule has 0 aromatic carbocycles. The topological polar surface area (TPSA) is 0 Å². The average molecular weight is 372 g/mol. The van der Waals surface area contributed by atoms with Crippen LogP contribution in [0.2, 0.25) is 0 Å². The summed E-state index contributed by atoms with van der Waals surface area (Å²) in [4.78, 5) is -0.891. The van der Waals surface area contributed by atoms with Crippen LogP contribution in [0.5, 0.6) is 0 Å². The van der Waals surface area contributed by atoms with Gasteiger partial charge in [-0.3, -0.25) is 0 Å². The fourth-order valence-electron chi connectivity index (χ4n) is 2.45. The van der Waals surface area contributed by atoms with E-state index in [4.69, 9.17) is 0 Å². The molecule has 0 N–H and O–H groups in total. The van der Waals surface area contributed by atoms with Gasteiger partial charge in [-0.15, -0.1) is 0 Å². The Labute approximate surface area is 124 Å². The molecule has 0 saturated carbocycles. The van der Waals surface area contributed by atoms with E-state index in [0.29, 0.717) is 0 Å². The average Bonchev–Trinajstić information content (AvgIpc) is 2.30. The second-order valence-corrected chi connectivity index (χ2v) is 16.2. The summed E-state index contributed by atoms with van der Waals surface area (Å²) < 4.78 is 0. The van der Waals surface area contributed by atoms with E-state index >= 15 is 0 Å². The Morgan fingerprint density at radius 3 is 1.12 bits per heavy atom. The van der Waals surface area contributed by atoms with E-state index in [9.17, 15) is 0 Å². The van der Waals surface area contributed by atoms with Gasteiger partial charge >= 0.3 is 124 Å². The molecule has 0 saturated heterocycles. The van der Waals surface area contributed by atoms with E-state index in [1.165, 1.54) is 57.8 Å². The quantitative estimate of drug-likeness (QED) is 0.204. The second-order valence-electron chi connectivity index (χ2n) is 5.52. The van der Waals surface area contributed by atoms with Crippen LogP contribution in [-0.2, 0) is 0 Å². The van der Waals surface area contributed by atoms with E-state index < -0.39 is 4.90 Å². The van der Waals surface area contributed by atoms with E-state index in [1.54, 1.807) is 18.5 Å². The zero-order chi connectivity index (χ0) is 13.0. The van der Waals surface area contributed by atoms with Gasteiger partial charge in [0.25, 0.3) is 0 Å². The fourth-order valence-corrected chi connectivity index (χ4v) is 9.28. The molecule has 2 heteroatoms. The van der Waals surface area contributed by atoms with Crippen molar-refractivity contribution in [3.05, 3.63) is 0 Å². The SMILES string of the molecule is CCCCC[PH](I)(CCCCC)CCCCC. The number of rotatable bonds is 12. The summed E-state index contributed by atoms with van der Waals surface area (Å²) in [5, 5.41) is 0. The molecule has 0 heterocycles. The van der Waals surface area contributed by atoms with Crippen molar-refractivity contribution in [1.82, 2.24) is 0 Å². The molecule has 0 rings (SSSR count). The Bertz CT molecular complexity index is 132. The summed E-state index contributed by atoms with van der Waals surface area (Å²) >= 11 is 2.93. The summed E-state index contributed by atoms with van der Waals surface area (Å²) in [6.07, 6.45) is 17.8. The van der Waals surface area contributed by atoms with Crippen LogP contribution in [0, 0.1) is 0 Å². The van der Waals surface area contributed by atoms with Gasteiger partial charge in [0.15, 0.2) is 0 Å². The number of unbranched alkanes of at least 4 members (excludes halogenated alkanes) is 6. The summed E-state index contributed by atoms with van der Waals surface area (Å²) in [5.74, 6) is 0. The molecule has 0 radical (unpaired) electrons. The predicted octanol–water partition coefficient (Wildman–Crippen LogP) is 6.66. The maximum atomic E-state index is 2.93. The van der Waals surface area contributed by atoms with Gasteiger partial charge < -0.3 is 0 Å². The van der Waals surface area contributed by atoms with Crippen LogP contribution in [0.25, 0.3) is 0 Å². The van der Waals surface area contributed by atoms with E-state index in [0.717, 1.165) is 0 Å². The molecule has 0 atom stereocenters. The molecule has 0 unspecified atom stereocenters. The minimum absolute atomic E-state index is 0.891. The Balaban J connectivity index is 3.95. The van der Waals surface area contributed by atoms with Crippen LogP contribution in [0.3, 0.4) is 0 Å². The third kappa shape index (κ3) is 10.7. The molecule has 106 valence electrons. The van der Waals surface area contributed by atoms with Crippen LogP contribution in [-0.4, -0.2) is 18.5 Å². The van der Waals surface area contributed by atoms with Crippen molar-refractivity contribution in [2.45, 2.75) is 78.6 Å². The van der Waals surface area contributed by atoms with Gasteiger partial charge in [-0.25, -0.2) is 0 Å². The zero-order valence-corrected chi connectivity index (χ0v) is 15.5. The van der Waals surface area contributed by atoms with Crippen LogP contribution in [0.4, 0.5) is 0 Å². The molecule has 0 fully saturated rings. The van der Waals surface area contributed by atoms with Gasteiger partial charge in [0.05, 0.1) is 0 Å². The van der Waals surface area contributed by atoms with Crippen LogP contribution in [0.15, 0.2) is 0 Å². The first-order valence-electron chi connectivity index (χ1n) is 7.87. The van der Waals surface area contributed by atoms with E-state index in [-0.39, 0.29) is 0 Å². The molecule has 0 amide bonds. The van der Waals surface area contributed by atoms with Gasteiger partial charge in [-0.05, 0) is 0 Å². The number of hydrogen-bond acceptors (Lipinski definition) is 0. The molecule has 0 bridgehead atoms. The summed E-state index contributed by atoms with van der Waals surface area (Å²) in [6.45, 7) is 6.97. The first-order chi connectivity index (χ1) is 8.18. The fraction of sp³-hybridized carbons (Fsp3) is 1.00. The molecule has 17 heavy (non-hydrogen) atoms. The summed E-state index contributed by atoms with van der Waals surface area (Å²) in [5.41, 5.74) is 0. The molecule has 0 aliphatic rings. The third-order valence-corrected chi connectivity index (χ3v) is 12.3. The van der Waals surface area contributed by atoms with Gasteiger partial charge in [-0.2, -0.15) is 0 Å². The van der Waals surface area contributed by atoms with Crippen molar-refractivity contribution in [3.63, 3.8) is 0 Å². The van der Waals surface area contributed by atoms with Crippen molar-refractivity contribution in [3.8, 4) is 0 Å². The first kappa shape index (κ1) is 18.2. The molecule has 0 aromatic rings. The van der Waals surface area contributed by atoms with Crippen LogP contribution < -0.4 is 0 Å². The standard InChI is InChI=1S/C15H34IP/c1-4-7-10-13-17(16,14-11-8-5-2)15-12-9-6-3/h17H,4-15H2,1-3H3. The number of halogens is 1. The van der Waals surface area contributed by atoms with Crippen molar-refractivity contribution in [2.24, 2.45) is 0 Å². The monoisotopic (exact) mass is 372 g/mol.